The predicted molar refractivity (Wildman–Crippen MR) is 212 cm³/mol. The summed E-state index contributed by atoms with van der Waals surface area (Å²) in [6.07, 6.45) is -55.9. The fourth-order valence-electron chi connectivity index (χ4n) is 8.20. The molecule has 0 saturated carbocycles. The number of aliphatic hydroxyl groups is 19. The molecule has 408 valence electrons. The van der Waals surface area contributed by atoms with Crippen molar-refractivity contribution >= 4 is 12.2 Å². The molecule has 0 spiro atoms. The molecule has 20 N–H and O–H groups in total. The summed E-state index contributed by atoms with van der Waals surface area (Å²) < 4.78 is 55.9. The van der Waals surface area contributed by atoms with Gasteiger partial charge in [0.25, 0.3) is 0 Å². The molecule has 0 aliphatic carbocycles. The first kappa shape index (κ1) is 58.9. The fourth-order valence-corrected chi connectivity index (χ4v) is 8.20. The van der Waals surface area contributed by atoms with Crippen LogP contribution in [0.3, 0.4) is 0 Å². The first-order chi connectivity index (χ1) is 33.0. The van der Waals surface area contributed by atoms with Gasteiger partial charge in [-0.15, -0.1) is 0 Å². The summed E-state index contributed by atoms with van der Waals surface area (Å²) in [5.74, 6) is -0.848. The normalized spacial score (nSPS) is 46.7. The lowest BCUT2D eigenvalue weighted by molar-refractivity contribution is -0.381. The van der Waals surface area contributed by atoms with Gasteiger partial charge in [0.15, 0.2) is 31.5 Å². The van der Waals surface area contributed by atoms with Crippen molar-refractivity contribution in [3.05, 3.63) is 0 Å². The monoisotopic (exact) mass is 1030 g/mol. The van der Waals surface area contributed by atoms with Crippen LogP contribution >= 0.6 is 0 Å². The molecule has 5 rings (SSSR count). The van der Waals surface area contributed by atoms with E-state index in [-0.39, 0.29) is 6.29 Å². The Morgan fingerprint density at radius 3 is 1.24 bits per heavy atom. The van der Waals surface area contributed by atoms with Crippen LogP contribution in [0.15, 0.2) is 0 Å². The molecule has 29 atom stereocenters. The Balaban J connectivity index is 1.45. The molecule has 1 amide bonds. The minimum absolute atomic E-state index is 0.0409. The SMILES string of the molecule is CC(=O)N[C@@H](C=O)[C@@H](O)[C@H](O[C@@H]1O[C@H](CO[C@H]2O[C@H](CO[C@H]3O[C@H](CO)[C@@H](O)[C@H](O)[C@@H]3O)[C@@H](O)[C@H](O[C@H]3O[C@H](CO)[C@@H](O)[C@H](O)[C@@H]3O)[C@@H]2O)[C@@H](O)[C@H](O[C@H]2O[C@H](CO)[C@@H](O)[C@H](O)[C@@H]2O)[C@@H]1O)[C@H](O)CO. The van der Waals surface area contributed by atoms with Crippen molar-refractivity contribution in [2.45, 2.75) is 185 Å². The van der Waals surface area contributed by atoms with E-state index in [2.05, 4.69) is 5.32 Å². The number of ether oxygens (including phenoxy) is 10. The maximum absolute atomic E-state index is 11.9. The van der Waals surface area contributed by atoms with Gasteiger partial charge >= 0.3 is 0 Å². The van der Waals surface area contributed by atoms with E-state index in [9.17, 15) is 107 Å². The van der Waals surface area contributed by atoms with Gasteiger partial charge in [0.05, 0.1) is 39.6 Å². The van der Waals surface area contributed by atoms with Gasteiger partial charge in [-0.05, 0) is 0 Å². The zero-order valence-corrected chi connectivity index (χ0v) is 37.0. The van der Waals surface area contributed by atoms with Crippen molar-refractivity contribution < 1.29 is 154 Å². The van der Waals surface area contributed by atoms with E-state index < -0.39 is 223 Å². The van der Waals surface area contributed by atoms with E-state index in [4.69, 9.17) is 47.4 Å². The maximum atomic E-state index is 11.9. The average Bonchev–Trinajstić information content (AvgIpc) is 3.34. The summed E-state index contributed by atoms with van der Waals surface area (Å²) in [5, 5.41) is 203. The quantitative estimate of drug-likeness (QED) is 0.0475. The number of amides is 1. The van der Waals surface area contributed by atoms with Crippen molar-refractivity contribution in [3.8, 4) is 0 Å². The van der Waals surface area contributed by atoms with Crippen LogP contribution in [0.2, 0.25) is 0 Å². The summed E-state index contributed by atoms with van der Waals surface area (Å²) >= 11 is 0. The Kier molecular flexibility index (Phi) is 21.8. The van der Waals surface area contributed by atoms with Crippen molar-refractivity contribution in [3.63, 3.8) is 0 Å². The van der Waals surface area contributed by atoms with E-state index in [0.29, 0.717) is 0 Å². The molecule has 32 heteroatoms. The lowest BCUT2D eigenvalue weighted by Gasteiger charge is -2.48. The van der Waals surface area contributed by atoms with Crippen LogP contribution in [0.4, 0.5) is 0 Å². The van der Waals surface area contributed by atoms with Crippen molar-refractivity contribution in [1.82, 2.24) is 5.32 Å². The molecule has 70 heavy (non-hydrogen) atoms. The smallest absolute Gasteiger partial charge is 0.217 e. The third-order valence-corrected chi connectivity index (χ3v) is 12.3. The second-order valence-electron chi connectivity index (χ2n) is 17.2. The third-order valence-electron chi connectivity index (χ3n) is 12.3. The van der Waals surface area contributed by atoms with Crippen LogP contribution in [0.1, 0.15) is 6.92 Å². The van der Waals surface area contributed by atoms with Gasteiger partial charge < -0.3 is 155 Å². The highest BCUT2D eigenvalue weighted by atomic mass is 16.8. The van der Waals surface area contributed by atoms with Gasteiger partial charge in [0, 0.05) is 6.92 Å². The first-order valence-corrected chi connectivity index (χ1v) is 21.9. The number of hydrogen-bond donors (Lipinski definition) is 20. The average molecular weight is 1030 g/mol. The summed E-state index contributed by atoms with van der Waals surface area (Å²) in [6.45, 7) is -4.91. The minimum Gasteiger partial charge on any atom is -0.394 e. The molecule has 0 radical (unpaired) electrons. The van der Waals surface area contributed by atoms with Crippen LogP contribution in [0, 0.1) is 0 Å². The van der Waals surface area contributed by atoms with E-state index in [1.54, 1.807) is 0 Å². The zero-order valence-electron chi connectivity index (χ0n) is 37.0. The molecule has 5 saturated heterocycles. The van der Waals surface area contributed by atoms with E-state index in [1.807, 2.05) is 0 Å². The second kappa shape index (κ2) is 26.0. The van der Waals surface area contributed by atoms with Crippen molar-refractivity contribution in [2.24, 2.45) is 0 Å². The van der Waals surface area contributed by atoms with Crippen molar-refractivity contribution in [1.29, 1.82) is 0 Å². The number of aliphatic hydroxyl groups excluding tert-OH is 19. The van der Waals surface area contributed by atoms with Crippen LogP contribution in [0.25, 0.3) is 0 Å². The lowest BCUT2D eigenvalue weighted by atomic mass is 9.96. The molecule has 5 aliphatic heterocycles. The Morgan fingerprint density at radius 2 is 0.857 bits per heavy atom. The number of rotatable bonds is 21. The van der Waals surface area contributed by atoms with Crippen LogP contribution < -0.4 is 5.32 Å². The van der Waals surface area contributed by atoms with Crippen LogP contribution in [-0.4, -0.2) is 327 Å². The molecule has 5 heterocycles. The van der Waals surface area contributed by atoms with Gasteiger partial charge in [-0.2, -0.15) is 0 Å². The number of carbonyl (C=O) groups is 2. The Labute approximate surface area is 395 Å². The largest absolute Gasteiger partial charge is 0.394 e. The van der Waals surface area contributed by atoms with Gasteiger partial charge in [-0.25, -0.2) is 0 Å². The summed E-state index contributed by atoms with van der Waals surface area (Å²) in [7, 11) is 0. The summed E-state index contributed by atoms with van der Waals surface area (Å²) in [5.41, 5.74) is 0. The number of carbonyl (C=O) groups excluding carboxylic acids is 2. The van der Waals surface area contributed by atoms with E-state index in [1.165, 1.54) is 0 Å². The maximum Gasteiger partial charge on any atom is 0.217 e. The fraction of sp³-hybridized carbons (Fsp3) is 0.947. The van der Waals surface area contributed by atoms with Crippen LogP contribution in [-0.2, 0) is 57.0 Å². The molecule has 0 aromatic rings. The number of aldehydes is 1. The van der Waals surface area contributed by atoms with E-state index in [0.717, 1.165) is 6.92 Å². The number of nitrogens with one attached hydrogen (secondary N) is 1. The molecule has 0 bridgehead atoms. The van der Waals surface area contributed by atoms with Crippen molar-refractivity contribution in [2.75, 3.05) is 39.6 Å². The molecule has 0 aromatic heterocycles. The van der Waals surface area contributed by atoms with Gasteiger partial charge in [0.1, 0.15) is 153 Å². The first-order valence-electron chi connectivity index (χ1n) is 21.9. The zero-order chi connectivity index (χ0) is 52.0. The highest BCUT2D eigenvalue weighted by Gasteiger charge is 2.55. The van der Waals surface area contributed by atoms with Gasteiger partial charge in [-0.3, -0.25) is 4.79 Å². The number of hydrogen-bond acceptors (Lipinski definition) is 31. The third kappa shape index (κ3) is 13.1. The lowest BCUT2D eigenvalue weighted by Crippen LogP contribution is -2.67. The molecule has 32 nitrogen and oxygen atoms in total. The van der Waals surface area contributed by atoms with Gasteiger partial charge in [-0.1, -0.05) is 0 Å². The molecule has 5 aliphatic rings. The van der Waals surface area contributed by atoms with E-state index >= 15 is 0 Å². The predicted octanol–water partition coefficient (Wildman–Crippen LogP) is -14.1. The molecular weight excluding hydrogens is 966 g/mol. The standard InChI is InChI=1S/C38H65NO31/c1-9(45)39-10(2-40)17(47)31(11(46)3-41)68-38-30(60)33(70-37-28(58)25(55)20(50)14(6-44)65-37)22(52)16(67-38)8-62-35-29(59)32(69-36-27(57)24(54)19(49)13(5-43)64-36)21(51)15(66-35)7-61-34-26(56)23(53)18(48)12(4-42)63-34/h2,10-38,41-44,46-60H,3-8H2,1H3,(H,39,45)/t10-,11+,12+,13+,14+,15+,16+,17+,18+,19+,20+,21+,22+,23-,24-,25-,26-,27-,28-,29-,30-,31+,32-,33-,34-,35-,36+,37+,38-/m0/s1. The summed E-state index contributed by atoms with van der Waals surface area (Å²) in [6, 6.07) is -1.83. The second-order valence-corrected chi connectivity index (χ2v) is 17.2. The summed E-state index contributed by atoms with van der Waals surface area (Å²) in [4.78, 5) is 23.7. The van der Waals surface area contributed by atoms with Crippen LogP contribution in [0.5, 0.6) is 0 Å². The highest BCUT2D eigenvalue weighted by Crippen LogP contribution is 2.34. The minimum atomic E-state index is -2.32. The van der Waals surface area contributed by atoms with Gasteiger partial charge in [0.2, 0.25) is 5.91 Å². The topological polar surface area (TPSA) is 523 Å². The Bertz CT molecular complexity index is 1610. The molecule has 0 unspecified atom stereocenters. The Morgan fingerprint density at radius 1 is 0.500 bits per heavy atom. The molecule has 5 fully saturated rings. The molecule has 0 aromatic carbocycles. The molecular formula is C38H65NO31. The Hall–Kier alpha value is -2.02. The highest BCUT2D eigenvalue weighted by molar-refractivity contribution is 5.77.